The summed E-state index contributed by atoms with van der Waals surface area (Å²) in [6.45, 7) is 0. The van der Waals surface area contributed by atoms with Gasteiger partial charge in [-0.3, -0.25) is 29.8 Å². The molecule has 2 aliphatic heterocycles. The number of benzene rings is 3. The Balaban J connectivity index is 1.47. The minimum Gasteiger partial charge on any atom is -0.508 e. The minimum atomic E-state index is -1.54. The molecule has 3 aromatic carbocycles. The summed E-state index contributed by atoms with van der Waals surface area (Å²) in [5, 5.41) is 22.3. The maximum atomic E-state index is 14.8. The summed E-state index contributed by atoms with van der Waals surface area (Å²) in [6.07, 6.45) is 2.05. The first-order valence-electron chi connectivity index (χ1n) is 13.8. The number of hydrogen-bond acceptors (Lipinski definition) is 7. The number of fused-ring (bicyclic) bond motifs is 4. The van der Waals surface area contributed by atoms with Gasteiger partial charge in [0.05, 0.1) is 28.9 Å². The van der Waals surface area contributed by atoms with E-state index in [0.717, 1.165) is 5.01 Å². The Labute approximate surface area is 250 Å². The highest BCUT2D eigenvalue weighted by molar-refractivity contribution is 6.30. The van der Waals surface area contributed by atoms with Gasteiger partial charge in [-0.15, -0.1) is 0 Å². The molecular formula is C32H25ClFN3O6. The van der Waals surface area contributed by atoms with Crippen LogP contribution in [0.15, 0.2) is 84.4 Å². The van der Waals surface area contributed by atoms with Crippen molar-refractivity contribution in [1.29, 1.82) is 0 Å². The van der Waals surface area contributed by atoms with Crippen molar-refractivity contribution in [2.45, 2.75) is 24.2 Å². The molecule has 0 bridgehead atoms. The van der Waals surface area contributed by atoms with Crippen molar-refractivity contribution in [3.05, 3.63) is 106 Å². The molecule has 3 aromatic rings. The van der Waals surface area contributed by atoms with Gasteiger partial charge in [-0.2, -0.15) is 10.1 Å². The largest absolute Gasteiger partial charge is 0.508 e. The second-order valence-corrected chi connectivity index (χ2v) is 11.9. The number of carbonyl (C=O) groups is 4. The van der Waals surface area contributed by atoms with Crippen LogP contribution in [0.2, 0.25) is 5.02 Å². The van der Waals surface area contributed by atoms with E-state index in [2.05, 4.69) is 5.43 Å². The zero-order valence-corrected chi connectivity index (χ0v) is 23.2. The Hall–Kier alpha value is -4.54. The van der Waals surface area contributed by atoms with Crippen LogP contribution in [0.4, 0.5) is 10.1 Å². The predicted molar refractivity (Wildman–Crippen MR) is 151 cm³/mol. The van der Waals surface area contributed by atoms with Gasteiger partial charge in [0.2, 0.25) is 0 Å². The molecule has 11 heteroatoms. The molecule has 0 radical (unpaired) electrons. The summed E-state index contributed by atoms with van der Waals surface area (Å²) >= 11 is 6.25. The van der Waals surface area contributed by atoms with E-state index in [1.807, 2.05) is 6.08 Å². The SMILES string of the molecule is O=C1C2CC=C3C(CC4C(=O)N(Nc5ccc(F)cc5)C(=O)C4(c4ccc(Cl)cc4)C3c3cccc(O)c3)C2C(=O)N1O. The second kappa shape index (κ2) is 9.75. The molecule has 9 nitrogen and oxygen atoms in total. The molecule has 4 amide bonds. The number of nitrogens with one attached hydrogen (secondary N) is 1. The van der Waals surface area contributed by atoms with Crippen LogP contribution in [-0.2, 0) is 24.6 Å². The maximum Gasteiger partial charge on any atom is 0.260 e. The second-order valence-electron chi connectivity index (χ2n) is 11.5. The van der Waals surface area contributed by atoms with Gasteiger partial charge in [0.25, 0.3) is 23.6 Å². The third-order valence-electron chi connectivity index (χ3n) is 9.44. The van der Waals surface area contributed by atoms with E-state index >= 15 is 0 Å². The predicted octanol–water partition coefficient (Wildman–Crippen LogP) is 4.56. The minimum absolute atomic E-state index is 0.0456. The number of rotatable bonds is 4. The first-order valence-corrected chi connectivity index (χ1v) is 14.2. The van der Waals surface area contributed by atoms with Crippen molar-refractivity contribution in [2.24, 2.45) is 23.7 Å². The van der Waals surface area contributed by atoms with E-state index < -0.39 is 64.5 Å². The topological polar surface area (TPSA) is 127 Å². The lowest BCUT2D eigenvalue weighted by Crippen LogP contribution is -2.53. The molecule has 2 aliphatic carbocycles. The van der Waals surface area contributed by atoms with Crippen LogP contribution < -0.4 is 5.43 Å². The monoisotopic (exact) mass is 601 g/mol. The highest BCUT2D eigenvalue weighted by Gasteiger charge is 2.70. The number of phenols is 1. The molecule has 43 heavy (non-hydrogen) atoms. The molecule has 0 aromatic heterocycles. The molecular weight excluding hydrogens is 577 g/mol. The number of hydrogen-bond donors (Lipinski definition) is 3. The van der Waals surface area contributed by atoms with Crippen LogP contribution in [0, 0.1) is 29.5 Å². The average Bonchev–Trinajstić information content (AvgIpc) is 3.35. The third-order valence-corrected chi connectivity index (χ3v) is 9.69. The number of allylic oxidation sites excluding steroid dienone is 2. The first kappa shape index (κ1) is 27.3. The number of hydrazine groups is 1. The summed E-state index contributed by atoms with van der Waals surface area (Å²) in [5.41, 5.74) is 3.37. The fourth-order valence-corrected chi connectivity index (χ4v) is 7.84. The number of aromatic hydroxyl groups is 1. The van der Waals surface area contributed by atoms with Crippen LogP contribution in [0.25, 0.3) is 0 Å². The number of nitrogens with zero attached hydrogens (tertiary/aromatic N) is 2. The molecule has 218 valence electrons. The van der Waals surface area contributed by atoms with Crippen molar-refractivity contribution in [3.63, 3.8) is 0 Å². The summed E-state index contributed by atoms with van der Waals surface area (Å²) in [4.78, 5) is 55.2. The van der Waals surface area contributed by atoms with Gasteiger partial charge in [-0.1, -0.05) is 47.5 Å². The molecule has 4 aliphatic rings. The standard InChI is InChI=1S/C32H25ClFN3O6/c33-18-6-4-17(5-7-18)32-25(29(40)36(31(32)42)35-20-10-8-19(34)9-11-20)15-24-22(27(32)16-2-1-3-21(38)14-16)12-13-23-26(24)30(41)37(43)28(23)39/h1-12,14,23-27,35,38,43H,13,15H2. The van der Waals surface area contributed by atoms with Crippen molar-refractivity contribution in [2.75, 3.05) is 5.43 Å². The van der Waals surface area contributed by atoms with Gasteiger partial charge in [0.1, 0.15) is 11.6 Å². The number of carbonyl (C=O) groups excluding carboxylic acids is 4. The van der Waals surface area contributed by atoms with Gasteiger partial charge >= 0.3 is 0 Å². The summed E-state index contributed by atoms with van der Waals surface area (Å²) in [5.74, 6) is -7.30. The Kier molecular flexibility index (Phi) is 6.19. The Bertz CT molecular complexity index is 1730. The fraction of sp³-hybridized carbons (Fsp3) is 0.250. The third kappa shape index (κ3) is 3.86. The number of amides is 4. The summed E-state index contributed by atoms with van der Waals surface area (Å²) in [7, 11) is 0. The van der Waals surface area contributed by atoms with Gasteiger partial charge in [-0.05, 0) is 78.4 Å². The van der Waals surface area contributed by atoms with Crippen LogP contribution in [0.5, 0.6) is 5.75 Å². The molecule has 3 N–H and O–H groups in total. The fourth-order valence-electron chi connectivity index (χ4n) is 7.72. The van der Waals surface area contributed by atoms with Crippen LogP contribution in [0.1, 0.15) is 29.9 Å². The van der Waals surface area contributed by atoms with Crippen molar-refractivity contribution >= 4 is 40.9 Å². The van der Waals surface area contributed by atoms with E-state index in [4.69, 9.17) is 11.6 Å². The van der Waals surface area contributed by atoms with E-state index in [0.29, 0.717) is 27.4 Å². The number of halogens is 2. The van der Waals surface area contributed by atoms with Crippen molar-refractivity contribution in [1.82, 2.24) is 10.1 Å². The first-order chi connectivity index (χ1) is 20.6. The smallest absolute Gasteiger partial charge is 0.260 e. The van der Waals surface area contributed by atoms with Gasteiger partial charge < -0.3 is 5.11 Å². The number of hydroxylamine groups is 2. The maximum absolute atomic E-state index is 14.8. The number of imide groups is 2. The molecule has 7 rings (SSSR count). The lowest BCUT2D eigenvalue weighted by atomic mass is 9.49. The Morgan fingerprint density at radius 1 is 0.907 bits per heavy atom. The average molecular weight is 602 g/mol. The molecule has 3 fully saturated rings. The van der Waals surface area contributed by atoms with Crippen molar-refractivity contribution < 1.29 is 33.9 Å². The summed E-state index contributed by atoms with van der Waals surface area (Å²) in [6, 6.07) is 18.3. The van der Waals surface area contributed by atoms with E-state index in [1.165, 1.54) is 36.4 Å². The summed E-state index contributed by atoms with van der Waals surface area (Å²) < 4.78 is 13.7. The van der Waals surface area contributed by atoms with Gasteiger partial charge in [0.15, 0.2) is 0 Å². The number of phenolic OH excluding ortho intramolecular Hbond substituents is 1. The van der Waals surface area contributed by atoms with Crippen LogP contribution >= 0.6 is 11.6 Å². The zero-order chi connectivity index (χ0) is 30.2. The van der Waals surface area contributed by atoms with Crippen molar-refractivity contribution in [3.8, 4) is 5.75 Å². The zero-order valence-electron chi connectivity index (χ0n) is 22.5. The highest BCUT2D eigenvalue weighted by atomic mass is 35.5. The molecule has 2 heterocycles. The highest BCUT2D eigenvalue weighted by Crippen LogP contribution is 2.64. The lowest BCUT2D eigenvalue weighted by Gasteiger charge is -2.50. The van der Waals surface area contributed by atoms with E-state index in [9.17, 15) is 33.9 Å². The molecule has 1 saturated carbocycles. The van der Waals surface area contributed by atoms with Crippen LogP contribution in [0.3, 0.4) is 0 Å². The quantitative estimate of drug-likeness (QED) is 0.227. The lowest BCUT2D eigenvalue weighted by molar-refractivity contribution is -0.173. The van der Waals surface area contributed by atoms with Gasteiger partial charge in [0, 0.05) is 10.9 Å². The van der Waals surface area contributed by atoms with Crippen LogP contribution in [-0.4, -0.2) is 44.0 Å². The number of anilines is 1. The Morgan fingerprint density at radius 2 is 1.63 bits per heavy atom. The molecule has 6 atom stereocenters. The normalized spacial score (nSPS) is 29.7. The van der Waals surface area contributed by atoms with E-state index in [1.54, 1.807) is 36.4 Å². The Morgan fingerprint density at radius 3 is 2.33 bits per heavy atom. The van der Waals surface area contributed by atoms with E-state index in [-0.39, 0.29) is 23.7 Å². The molecule has 2 saturated heterocycles. The molecule has 6 unspecified atom stereocenters. The molecule has 0 spiro atoms. The van der Waals surface area contributed by atoms with Gasteiger partial charge in [-0.25, -0.2) is 4.39 Å².